The quantitative estimate of drug-likeness (QED) is 0.245. The van der Waals surface area contributed by atoms with Gasteiger partial charge in [0.15, 0.2) is 0 Å². The first-order chi connectivity index (χ1) is 9.19. The molecule has 0 amide bonds. The normalized spacial score (nSPS) is 13.2. The second-order valence-corrected chi connectivity index (χ2v) is 4.52. The summed E-state index contributed by atoms with van der Waals surface area (Å²) in [5, 5.41) is 3.91. The van der Waals surface area contributed by atoms with Crippen molar-refractivity contribution in [2.45, 2.75) is 19.4 Å². The first kappa shape index (κ1) is 15.8. The van der Waals surface area contributed by atoms with Crippen LogP contribution >= 0.6 is 11.6 Å². The van der Waals surface area contributed by atoms with E-state index >= 15 is 0 Å². The Morgan fingerprint density at radius 1 is 1.47 bits per heavy atom. The van der Waals surface area contributed by atoms with E-state index in [0.29, 0.717) is 19.1 Å². The SMILES string of the molecule is COCCCN=C(NN)NC(C)c1ccccc1Cl. The molecule has 0 radical (unpaired) electrons. The van der Waals surface area contributed by atoms with Gasteiger partial charge in [-0.2, -0.15) is 0 Å². The molecule has 1 aromatic carbocycles. The summed E-state index contributed by atoms with van der Waals surface area (Å²) >= 11 is 6.14. The third-order valence-corrected chi connectivity index (χ3v) is 2.98. The molecule has 0 aliphatic carbocycles. The number of nitrogens with one attached hydrogen (secondary N) is 2. The van der Waals surface area contributed by atoms with Gasteiger partial charge in [-0.05, 0) is 25.0 Å². The van der Waals surface area contributed by atoms with E-state index in [1.807, 2.05) is 31.2 Å². The van der Waals surface area contributed by atoms with Gasteiger partial charge in [0, 0.05) is 25.3 Å². The number of hydrogen-bond donors (Lipinski definition) is 3. The monoisotopic (exact) mass is 284 g/mol. The lowest BCUT2D eigenvalue weighted by Gasteiger charge is -2.18. The number of guanidine groups is 1. The maximum absolute atomic E-state index is 6.14. The highest BCUT2D eigenvalue weighted by molar-refractivity contribution is 6.31. The Morgan fingerprint density at radius 3 is 2.84 bits per heavy atom. The van der Waals surface area contributed by atoms with E-state index in [1.165, 1.54) is 0 Å². The van der Waals surface area contributed by atoms with Gasteiger partial charge >= 0.3 is 0 Å². The van der Waals surface area contributed by atoms with Crippen LogP contribution in [0.1, 0.15) is 24.9 Å². The van der Waals surface area contributed by atoms with Gasteiger partial charge in [0.1, 0.15) is 0 Å². The van der Waals surface area contributed by atoms with Crippen LogP contribution in [0.3, 0.4) is 0 Å². The van der Waals surface area contributed by atoms with Crippen molar-refractivity contribution in [2.24, 2.45) is 10.8 Å². The van der Waals surface area contributed by atoms with Crippen LogP contribution in [0.15, 0.2) is 29.3 Å². The Hall–Kier alpha value is -1.30. The summed E-state index contributed by atoms with van der Waals surface area (Å²) < 4.78 is 4.96. The fourth-order valence-electron chi connectivity index (χ4n) is 1.64. The number of rotatable bonds is 6. The van der Waals surface area contributed by atoms with E-state index in [-0.39, 0.29) is 6.04 Å². The van der Waals surface area contributed by atoms with Gasteiger partial charge in [0.05, 0.1) is 6.04 Å². The van der Waals surface area contributed by atoms with Crippen LogP contribution < -0.4 is 16.6 Å². The van der Waals surface area contributed by atoms with Gasteiger partial charge in [-0.15, -0.1) is 0 Å². The molecule has 19 heavy (non-hydrogen) atoms. The summed E-state index contributed by atoms with van der Waals surface area (Å²) in [7, 11) is 1.67. The van der Waals surface area contributed by atoms with Crippen molar-refractivity contribution in [2.75, 3.05) is 20.3 Å². The zero-order valence-electron chi connectivity index (χ0n) is 11.3. The summed E-state index contributed by atoms with van der Waals surface area (Å²) in [6.07, 6.45) is 0.851. The summed E-state index contributed by atoms with van der Waals surface area (Å²) in [5.74, 6) is 5.99. The summed E-state index contributed by atoms with van der Waals surface area (Å²) in [6, 6.07) is 7.70. The lowest BCUT2D eigenvalue weighted by Crippen LogP contribution is -2.42. The lowest BCUT2D eigenvalue weighted by atomic mass is 10.1. The van der Waals surface area contributed by atoms with Crippen molar-refractivity contribution in [3.63, 3.8) is 0 Å². The van der Waals surface area contributed by atoms with Gasteiger partial charge < -0.3 is 10.1 Å². The molecule has 0 saturated carbocycles. The van der Waals surface area contributed by atoms with Crippen molar-refractivity contribution >= 4 is 17.6 Å². The van der Waals surface area contributed by atoms with E-state index in [1.54, 1.807) is 7.11 Å². The highest BCUT2D eigenvalue weighted by atomic mass is 35.5. The topological polar surface area (TPSA) is 71.7 Å². The maximum Gasteiger partial charge on any atom is 0.206 e. The summed E-state index contributed by atoms with van der Waals surface area (Å²) in [6.45, 7) is 3.33. The number of hydrazine groups is 1. The fraction of sp³-hybridized carbons (Fsp3) is 0.462. The predicted molar refractivity (Wildman–Crippen MR) is 79.1 cm³/mol. The molecular formula is C13H21ClN4O. The van der Waals surface area contributed by atoms with Crippen LogP contribution in [0.25, 0.3) is 0 Å². The van der Waals surface area contributed by atoms with Crippen molar-refractivity contribution in [3.8, 4) is 0 Å². The molecule has 1 unspecified atom stereocenters. The number of benzene rings is 1. The fourth-order valence-corrected chi connectivity index (χ4v) is 1.94. The van der Waals surface area contributed by atoms with E-state index in [9.17, 15) is 0 Å². The Labute approximate surface area is 119 Å². The molecule has 6 heteroatoms. The number of ether oxygens (including phenoxy) is 1. The molecular weight excluding hydrogens is 264 g/mol. The van der Waals surface area contributed by atoms with Gasteiger partial charge in [0.25, 0.3) is 0 Å². The first-order valence-corrected chi connectivity index (χ1v) is 6.57. The molecule has 0 fully saturated rings. The van der Waals surface area contributed by atoms with Crippen LogP contribution in [0.4, 0.5) is 0 Å². The molecule has 0 aliphatic heterocycles. The number of halogens is 1. The highest BCUT2D eigenvalue weighted by Crippen LogP contribution is 2.21. The summed E-state index contributed by atoms with van der Waals surface area (Å²) in [5.41, 5.74) is 3.56. The lowest BCUT2D eigenvalue weighted by molar-refractivity contribution is 0.197. The molecule has 106 valence electrons. The predicted octanol–water partition coefficient (Wildman–Crippen LogP) is 1.85. The highest BCUT2D eigenvalue weighted by Gasteiger charge is 2.10. The Bertz CT molecular complexity index is 411. The summed E-state index contributed by atoms with van der Waals surface area (Å²) in [4.78, 5) is 4.32. The van der Waals surface area contributed by atoms with E-state index in [2.05, 4.69) is 15.7 Å². The Morgan fingerprint density at radius 2 is 2.21 bits per heavy atom. The van der Waals surface area contributed by atoms with Crippen molar-refractivity contribution < 1.29 is 4.74 Å². The Balaban J connectivity index is 2.58. The maximum atomic E-state index is 6.14. The third-order valence-electron chi connectivity index (χ3n) is 2.64. The van der Waals surface area contributed by atoms with Crippen molar-refractivity contribution in [1.82, 2.24) is 10.7 Å². The zero-order chi connectivity index (χ0) is 14.1. The molecule has 1 aromatic rings. The molecule has 1 rings (SSSR count). The van der Waals surface area contributed by atoms with Gasteiger partial charge in [-0.3, -0.25) is 10.4 Å². The standard InChI is InChI=1S/C13H21ClN4O/c1-10(11-6-3-4-7-12(11)14)17-13(18-15)16-8-5-9-19-2/h3-4,6-7,10H,5,8-9,15H2,1-2H3,(H2,16,17,18). The number of nitrogens with zero attached hydrogens (tertiary/aromatic N) is 1. The van der Waals surface area contributed by atoms with Crippen molar-refractivity contribution in [3.05, 3.63) is 34.9 Å². The van der Waals surface area contributed by atoms with E-state index in [0.717, 1.165) is 17.0 Å². The van der Waals surface area contributed by atoms with Crippen LogP contribution in [-0.2, 0) is 4.74 Å². The third kappa shape index (κ3) is 5.46. The number of nitrogens with two attached hydrogens (primary N) is 1. The molecule has 0 aliphatic rings. The molecule has 0 bridgehead atoms. The Kier molecular flexibility index (Phi) is 7.25. The molecule has 4 N–H and O–H groups in total. The number of methoxy groups -OCH3 is 1. The smallest absolute Gasteiger partial charge is 0.206 e. The average Bonchev–Trinajstić information content (AvgIpc) is 2.42. The van der Waals surface area contributed by atoms with Gasteiger partial charge in [-0.25, -0.2) is 5.84 Å². The molecule has 0 heterocycles. The minimum absolute atomic E-state index is 0.0194. The molecule has 5 nitrogen and oxygen atoms in total. The van der Waals surface area contributed by atoms with Gasteiger partial charge in [-0.1, -0.05) is 29.8 Å². The van der Waals surface area contributed by atoms with Crippen LogP contribution in [0, 0.1) is 0 Å². The largest absolute Gasteiger partial charge is 0.385 e. The van der Waals surface area contributed by atoms with Crippen LogP contribution in [0.2, 0.25) is 5.02 Å². The molecule has 1 atom stereocenters. The minimum Gasteiger partial charge on any atom is -0.385 e. The van der Waals surface area contributed by atoms with Crippen LogP contribution in [-0.4, -0.2) is 26.2 Å². The molecule has 0 spiro atoms. The molecule has 0 aromatic heterocycles. The minimum atomic E-state index is 0.0194. The average molecular weight is 285 g/mol. The van der Waals surface area contributed by atoms with E-state index < -0.39 is 0 Å². The first-order valence-electron chi connectivity index (χ1n) is 6.20. The van der Waals surface area contributed by atoms with Crippen LogP contribution in [0.5, 0.6) is 0 Å². The van der Waals surface area contributed by atoms with Crippen molar-refractivity contribution in [1.29, 1.82) is 0 Å². The second kappa shape index (κ2) is 8.74. The second-order valence-electron chi connectivity index (χ2n) is 4.11. The number of hydrogen-bond acceptors (Lipinski definition) is 3. The molecule has 0 saturated heterocycles. The zero-order valence-corrected chi connectivity index (χ0v) is 12.1. The number of aliphatic imine (C=N–C) groups is 1. The van der Waals surface area contributed by atoms with Gasteiger partial charge in [0.2, 0.25) is 5.96 Å². The van der Waals surface area contributed by atoms with E-state index in [4.69, 9.17) is 22.2 Å².